The topological polar surface area (TPSA) is 106 Å². The molecule has 0 saturated carbocycles. The molecule has 0 aliphatic carbocycles. The van der Waals surface area contributed by atoms with Crippen molar-refractivity contribution in [1.82, 2.24) is 20.1 Å². The number of rotatable bonds is 5. The number of nitrogens with one attached hydrogen (secondary N) is 1. The molecular formula is C17H22N6O2S. The van der Waals surface area contributed by atoms with Crippen LogP contribution in [0.5, 0.6) is 0 Å². The number of nitrogens with zero attached hydrogens (tertiary/aromatic N) is 4. The van der Waals surface area contributed by atoms with Gasteiger partial charge < -0.3 is 10.6 Å². The first-order chi connectivity index (χ1) is 12.6. The van der Waals surface area contributed by atoms with E-state index >= 15 is 0 Å². The standard InChI is InChI=1S/C17H22N6O2S/c1-12(14(24)19-15(18)25)26-17-21-20-16(22-10-6-3-7-11-22)23(17)13-8-4-2-5-9-13/h2,4-5,8-9,12H,3,6-7,10-11H2,1H3,(H3,18,19,24,25)/t12-/m0/s1. The van der Waals surface area contributed by atoms with Gasteiger partial charge in [0.05, 0.1) is 10.9 Å². The maximum Gasteiger partial charge on any atom is 0.318 e. The molecule has 1 aromatic carbocycles. The summed E-state index contributed by atoms with van der Waals surface area (Å²) in [6.07, 6.45) is 3.48. The number of urea groups is 1. The molecule has 3 N–H and O–H groups in total. The molecule has 1 aliphatic rings. The summed E-state index contributed by atoms with van der Waals surface area (Å²) >= 11 is 1.24. The average molecular weight is 374 g/mol. The summed E-state index contributed by atoms with van der Waals surface area (Å²) < 4.78 is 1.96. The number of anilines is 1. The van der Waals surface area contributed by atoms with E-state index in [2.05, 4.69) is 20.4 Å². The molecule has 2 aromatic rings. The number of aromatic nitrogens is 3. The summed E-state index contributed by atoms with van der Waals surface area (Å²) in [4.78, 5) is 25.1. The van der Waals surface area contributed by atoms with E-state index in [1.165, 1.54) is 18.2 Å². The highest BCUT2D eigenvalue weighted by Crippen LogP contribution is 2.30. The molecule has 1 aromatic heterocycles. The van der Waals surface area contributed by atoms with Gasteiger partial charge >= 0.3 is 6.03 Å². The molecule has 8 nitrogen and oxygen atoms in total. The Bertz CT molecular complexity index is 773. The molecule has 3 amide bonds. The van der Waals surface area contributed by atoms with E-state index in [9.17, 15) is 9.59 Å². The van der Waals surface area contributed by atoms with Crippen LogP contribution in [0, 0.1) is 0 Å². The van der Waals surface area contributed by atoms with Gasteiger partial charge in [-0.2, -0.15) is 0 Å². The number of piperidine rings is 1. The lowest BCUT2D eigenvalue weighted by Gasteiger charge is -2.27. The second-order valence-electron chi connectivity index (χ2n) is 6.11. The maximum absolute atomic E-state index is 12.0. The Labute approximate surface area is 156 Å². The van der Waals surface area contributed by atoms with Crippen molar-refractivity contribution in [3.63, 3.8) is 0 Å². The largest absolute Gasteiger partial charge is 0.351 e. The molecule has 3 rings (SSSR count). The molecule has 1 atom stereocenters. The lowest BCUT2D eigenvalue weighted by atomic mass is 10.1. The molecule has 2 heterocycles. The normalized spacial score (nSPS) is 15.5. The van der Waals surface area contributed by atoms with Gasteiger partial charge in [-0.1, -0.05) is 30.0 Å². The number of carbonyl (C=O) groups excluding carboxylic acids is 2. The first kappa shape index (κ1) is 18.2. The SMILES string of the molecule is C[C@H](Sc1nnc(N2CCCCC2)n1-c1ccccc1)C(=O)NC(N)=O. The van der Waals surface area contributed by atoms with E-state index in [0.29, 0.717) is 5.16 Å². The molecule has 0 bridgehead atoms. The van der Waals surface area contributed by atoms with Crippen molar-refractivity contribution < 1.29 is 9.59 Å². The van der Waals surface area contributed by atoms with Gasteiger partial charge in [-0.05, 0) is 38.3 Å². The highest BCUT2D eigenvalue weighted by molar-refractivity contribution is 8.00. The van der Waals surface area contributed by atoms with Crippen molar-refractivity contribution in [2.45, 2.75) is 36.6 Å². The van der Waals surface area contributed by atoms with Gasteiger partial charge in [0.25, 0.3) is 0 Å². The number of hydrogen-bond acceptors (Lipinski definition) is 6. The number of amides is 3. The number of imide groups is 1. The first-order valence-electron chi connectivity index (χ1n) is 8.59. The van der Waals surface area contributed by atoms with Crippen LogP contribution in [0.3, 0.4) is 0 Å². The predicted molar refractivity (Wildman–Crippen MR) is 100 cm³/mol. The Morgan fingerprint density at radius 1 is 1.15 bits per heavy atom. The molecule has 9 heteroatoms. The Balaban J connectivity index is 1.91. The number of primary amides is 1. The predicted octanol–water partition coefficient (Wildman–Crippen LogP) is 1.93. The molecule has 0 radical (unpaired) electrons. The van der Waals surface area contributed by atoms with Crippen LogP contribution in [-0.4, -0.2) is 45.0 Å². The third kappa shape index (κ3) is 4.16. The van der Waals surface area contributed by atoms with Crippen LogP contribution >= 0.6 is 11.8 Å². The monoisotopic (exact) mass is 374 g/mol. The van der Waals surface area contributed by atoms with Crippen molar-refractivity contribution >= 4 is 29.6 Å². The summed E-state index contributed by atoms with van der Waals surface area (Å²) in [5.74, 6) is 0.325. The fraction of sp³-hybridized carbons (Fsp3) is 0.412. The number of thioether (sulfide) groups is 1. The van der Waals surface area contributed by atoms with Gasteiger partial charge in [0, 0.05) is 13.1 Å². The van der Waals surface area contributed by atoms with E-state index < -0.39 is 17.2 Å². The second-order valence-corrected chi connectivity index (χ2v) is 7.42. The summed E-state index contributed by atoms with van der Waals surface area (Å²) in [5, 5.41) is 10.9. The zero-order chi connectivity index (χ0) is 18.5. The minimum Gasteiger partial charge on any atom is -0.351 e. The molecule has 26 heavy (non-hydrogen) atoms. The van der Waals surface area contributed by atoms with Crippen LogP contribution in [0.15, 0.2) is 35.5 Å². The fourth-order valence-electron chi connectivity index (χ4n) is 2.87. The minimum atomic E-state index is -0.860. The molecular weight excluding hydrogens is 352 g/mol. The average Bonchev–Trinajstić information content (AvgIpc) is 3.06. The van der Waals surface area contributed by atoms with Crippen LogP contribution < -0.4 is 16.0 Å². The number of nitrogens with two attached hydrogens (primary N) is 1. The third-order valence-corrected chi connectivity index (χ3v) is 5.21. The molecule has 138 valence electrons. The Morgan fingerprint density at radius 3 is 2.50 bits per heavy atom. The number of carbonyl (C=O) groups is 2. The van der Waals surface area contributed by atoms with Gasteiger partial charge in [0.15, 0.2) is 5.16 Å². The zero-order valence-electron chi connectivity index (χ0n) is 14.6. The third-order valence-electron chi connectivity index (χ3n) is 4.17. The van der Waals surface area contributed by atoms with Crippen LogP contribution in [0.1, 0.15) is 26.2 Å². The number of benzene rings is 1. The summed E-state index contributed by atoms with van der Waals surface area (Å²) in [6.45, 7) is 3.58. The summed E-state index contributed by atoms with van der Waals surface area (Å²) in [5.41, 5.74) is 5.96. The van der Waals surface area contributed by atoms with Crippen LogP contribution in [0.4, 0.5) is 10.7 Å². The van der Waals surface area contributed by atoms with Crippen LogP contribution in [0.2, 0.25) is 0 Å². The van der Waals surface area contributed by atoms with Crippen molar-refractivity contribution in [2.24, 2.45) is 5.73 Å². The van der Waals surface area contributed by atoms with E-state index in [1.54, 1.807) is 6.92 Å². The van der Waals surface area contributed by atoms with E-state index in [1.807, 2.05) is 34.9 Å². The summed E-state index contributed by atoms with van der Waals surface area (Å²) in [6, 6.07) is 8.95. The zero-order valence-corrected chi connectivity index (χ0v) is 15.4. The maximum atomic E-state index is 12.0. The highest BCUT2D eigenvalue weighted by Gasteiger charge is 2.24. The highest BCUT2D eigenvalue weighted by atomic mass is 32.2. The molecule has 0 unspecified atom stereocenters. The van der Waals surface area contributed by atoms with Crippen molar-refractivity contribution in [2.75, 3.05) is 18.0 Å². The fourth-order valence-corrected chi connectivity index (χ4v) is 3.74. The van der Waals surface area contributed by atoms with Gasteiger partial charge in [-0.25, -0.2) is 4.79 Å². The first-order valence-corrected chi connectivity index (χ1v) is 9.47. The van der Waals surface area contributed by atoms with Gasteiger partial charge in [0.1, 0.15) is 0 Å². The molecule has 1 aliphatic heterocycles. The lowest BCUT2D eigenvalue weighted by Crippen LogP contribution is -2.39. The van der Waals surface area contributed by atoms with Crippen molar-refractivity contribution in [1.29, 1.82) is 0 Å². The number of hydrogen-bond donors (Lipinski definition) is 2. The summed E-state index contributed by atoms with van der Waals surface area (Å²) in [7, 11) is 0. The van der Waals surface area contributed by atoms with Crippen LogP contribution in [0.25, 0.3) is 5.69 Å². The lowest BCUT2D eigenvalue weighted by molar-refractivity contribution is -0.119. The van der Waals surface area contributed by atoms with Gasteiger partial charge in [-0.3, -0.25) is 14.7 Å². The Morgan fingerprint density at radius 2 is 1.85 bits per heavy atom. The van der Waals surface area contributed by atoms with E-state index in [0.717, 1.165) is 37.6 Å². The van der Waals surface area contributed by atoms with Crippen molar-refractivity contribution in [3.8, 4) is 5.69 Å². The van der Waals surface area contributed by atoms with Gasteiger partial charge in [-0.15, -0.1) is 10.2 Å². The van der Waals surface area contributed by atoms with Crippen LogP contribution in [-0.2, 0) is 4.79 Å². The Hall–Kier alpha value is -2.55. The second kappa shape index (κ2) is 8.22. The molecule has 0 spiro atoms. The molecule has 1 fully saturated rings. The van der Waals surface area contributed by atoms with Crippen molar-refractivity contribution in [3.05, 3.63) is 30.3 Å². The molecule has 1 saturated heterocycles. The van der Waals surface area contributed by atoms with E-state index in [-0.39, 0.29) is 0 Å². The quantitative estimate of drug-likeness (QED) is 0.775. The Kier molecular flexibility index (Phi) is 5.77. The van der Waals surface area contributed by atoms with E-state index in [4.69, 9.17) is 5.73 Å². The minimum absolute atomic E-state index is 0.454. The van der Waals surface area contributed by atoms with Gasteiger partial charge in [0.2, 0.25) is 11.9 Å². The smallest absolute Gasteiger partial charge is 0.318 e. The number of para-hydroxylation sites is 1.